The van der Waals surface area contributed by atoms with Gasteiger partial charge < -0.3 is 67.5 Å². The Morgan fingerprint density at radius 3 is 0.939 bits per heavy atom. The first-order valence-electron chi connectivity index (χ1n) is 52.0. The highest BCUT2D eigenvalue weighted by Gasteiger charge is 2.49. The van der Waals surface area contributed by atoms with Crippen molar-refractivity contribution in [2.75, 3.05) is 21.3 Å². The highest BCUT2D eigenvalue weighted by molar-refractivity contribution is 7.93. The molecule has 38 heteroatoms. The van der Waals surface area contributed by atoms with Crippen LogP contribution >= 0.6 is 0 Å². The number of aryl methyl sites for hydroxylation is 4. The number of carbonyl (C=O) groups is 2. The van der Waals surface area contributed by atoms with Crippen LogP contribution in [-0.4, -0.2) is 156 Å². The summed E-state index contributed by atoms with van der Waals surface area (Å²) in [6.07, 6.45) is 32.7. The molecule has 4 fully saturated rings. The molecule has 0 bridgehead atoms. The lowest BCUT2D eigenvalue weighted by Gasteiger charge is -2.39. The summed E-state index contributed by atoms with van der Waals surface area (Å²) < 4.78 is 108. The molecule has 8 heterocycles. The second-order valence-electron chi connectivity index (χ2n) is 46.9. The number of rotatable bonds is 26. The molecule has 0 saturated heterocycles. The molecule has 8 aliphatic carbocycles. The largest absolute Gasteiger partial charge is 0.443 e. The van der Waals surface area contributed by atoms with Crippen LogP contribution in [0.25, 0.3) is 44.1 Å². The number of anilines is 4. The second-order valence-corrected chi connectivity index (χ2v) is 65.6. The summed E-state index contributed by atoms with van der Waals surface area (Å²) in [7, 11) is -17.7. The van der Waals surface area contributed by atoms with Gasteiger partial charge in [0.1, 0.15) is 83.1 Å². The van der Waals surface area contributed by atoms with Crippen molar-refractivity contribution in [3.63, 3.8) is 0 Å². The Hall–Kier alpha value is -11.0. The molecule has 12 aromatic rings. The van der Waals surface area contributed by atoms with Gasteiger partial charge in [-0.05, 0) is 247 Å². The van der Waals surface area contributed by atoms with Crippen LogP contribution in [0, 0.1) is 23.7 Å². The van der Waals surface area contributed by atoms with E-state index in [0.717, 1.165) is 167 Å². The average molecular weight is 2120 g/mol. The van der Waals surface area contributed by atoms with Gasteiger partial charge in [0.2, 0.25) is 20.0 Å². The van der Waals surface area contributed by atoms with E-state index in [1.807, 2.05) is 23.2 Å². The van der Waals surface area contributed by atoms with Gasteiger partial charge in [0.05, 0.1) is 70.1 Å². The summed E-state index contributed by atoms with van der Waals surface area (Å²) in [5, 5.41) is 42.6. The number of nitrogens with two attached hydrogens (primary N) is 2. The van der Waals surface area contributed by atoms with Crippen molar-refractivity contribution in [1.29, 1.82) is 0 Å². The number of aliphatic hydroxyl groups is 1. The van der Waals surface area contributed by atoms with E-state index in [2.05, 4.69) is 309 Å². The van der Waals surface area contributed by atoms with Crippen LogP contribution in [-0.2, 0) is 78.6 Å². The first-order chi connectivity index (χ1) is 69.8. The Balaban J connectivity index is 0.000000136. The SMILES string of the molecule is CC(C)(C)OC(=O)NS(=O)(=O)/C=C/[C@@H]1C[C@@H](n2ccc3c(N[C@H]4CCc5ccccc54)ncnc32)C[C@@H]1O[Si](C)(C)C(C)(C)C.CC(C)(C)[Si](C)(C)O[C@H]1C[C@H](n2ccc3c(N[C@H]4CCc5ccccc54)ncnc32)C[C@H]1/C=C/S(N)(=O)=O.CC(C)(C)[Si](C)(C)O[C@H]1C[C@H](n2ccc3c(N[C@H]4CCc5ccccc54)ncnc32)C[C@H]1C=O.NS(=O)(=O)/C=C/[C@@H]1C[C@@H](n2ccc3c(N[C@H]4CCc5ccccc54)ncnc32)C[C@@H]1O. The van der Waals surface area contributed by atoms with Crippen LogP contribution in [0.5, 0.6) is 0 Å². The predicted molar refractivity (Wildman–Crippen MR) is 592 cm³/mol. The Labute approximate surface area is 873 Å². The van der Waals surface area contributed by atoms with Crippen LogP contribution in [0.4, 0.5) is 28.1 Å². The molecule has 790 valence electrons. The minimum Gasteiger partial charge on any atom is -0.443 e. The Morgan fingerprint density at radius 2 is 0.649 bits per heavy atom. The number of amides is 1. The fraction of sp³-hybridized carbons (Fsp3) is 0.491. The van der Waals surface area contributed by atoms with Gasteiger partial charge in [0.25, 0.3) is 10.0 Å². The van der Waals surface area contributed by atoms with Crippen molar-refractivity contribution in [3.8, 4) is 0 Å². The fourth-order valence-electron chi connectivity index (χ4n) is 21.9. The lowest BCUT2D eigenvalue weighted by atomic mass is 10.1. The molecule has 148 heavy (non-hydrogen) atoms. The molecular weight excluding hydrogens is 1980 g/mol. The second kappa shape index (κ2) is 43.0. The zero-order valence-electron chi connectivity index (χ0n) is 88.4. The molecule has 0 radical (unpaired) electrons. The Kier molecular flexibility index (Phi) is 31.5. The number of nitrogens with zero attached hydrogens (tertiary/aromatic N) is 12. The first kappa shape index (κ1) is 108. The molecule has 4 aromatic carbocycles. The third-order valence-electron chi connectivity index (χ3n) is 32.6. The van der Waals surface area contributed by atoms with E-state index >= 15 is 0 Å². The van der Waals surface area contributed by atoms with E-state index in [9.17, 15) is 39.9 Å². The number of aromatic nitrogens is 12. The number of benzene rings is 4. The highest BCUT2D eigenvalue weighted by atomic mass is 32.2. The van der Waals surface area contributed by atoms with Crippen molar-refractivity contribution >= 4 is 135 Å². The molecule has 20 rings (SSSR count). The van der Waals surface area contributed by atoms with Crippen molar-refractivity contribution in [2.24, 2.45) is 33.9 Å². The number of hydrogen-bond donors (Lipinski definition) is 8. The smallest absolute Gasteiger partial charge is 0.421 e. The van der Waals surface area contributed by atoms with E-state index in [1.54, 1.807) is 58.2 Å². The Bertz CT molecular complexity index is 7300. The monoisotopic (exact) mass is 2120 g/mol. The minimum absolute atomic E-state index is 0.0117. The normalized spacial score (nSPS) is 24.3. The lowest BCUT2D eigenvalue weighted by molar-refractivity contribution is -0.113. The summed E-state index contributed by atoms with van der Waals surface area (Å²) in [6, 6.07) is 43.8. The molecule has 0 unspecified atom stereocenters. The standard InChI is InChI=1S/C33H47N5O5SSi.C28H39N5O3SSi.C27H36N4O2Si.C22H25N5O3S/c1-32(2,3)42-31(39)37-44(40,41)18-16-23-19-24(20-28(23)43-45(7,8)33(4,5)6)38-17-15-26-29(34-21-35-30(26)38)36-27-14-13-22-11-9-10-12-25(22)27;1-28(2,3)38(4,5)36-25-17-21(16-20(25)13-15-37(29,34)35)33-14-12-23-26(30-18-31-27(23)33)32-24-11-10-19-8-6-7-9-22(19)24;1-27(2,3)34(4,5)33-24-15-20(14-19(24)16-32)31-13-12-22-25(28-17-29-26(22)31)30-23-11-10-18-8-6-7-9-21(18)23;23-31(29,30)10-8-15-11-16(12-20(15)28)27-9-7-18-21(24-13-25-22(18)27)26-19-6-5-14-3-1-2-4-17(14)19/h9-12,15-18,21,23-24,27-28H,13-14,19-20H2,1-8H3,(H,37,39)(H,34,35,36);6-9,12-15,18,20-21,24-25H,10-11,16-17H2,1-5H3,(H2,29,34,35)(H,30,31,32);6-9,12-13,16-17,19-20,23-24H,10-11,14-15H2,1-5H3,(H,28,29,30);1-4,7-10,13,15-16,19-20,28H,5-6,11-12H2,(H2,23,29,30)(H,24,25,26)/b18-16+;15-13+;;10-8+/t23-,24-,27+,28+;20-,21-,24+,25+;19-,20+,23-,24-;15-,16-,19+,20+/m1101/s1. The van der Waals surface area contributed by atoms with Crippen molar-refractivity contribution in [2.45, 2.75) is 319 Å². The van der Waals surface area contributed by atoms with Gasteiger partial charge in [-0.15, -0.1) is 0 Å². The van der Waals surface area contributed by atoms with Crippen molar-refractivity contribution < 1.29 is 58.0 Å². The molecule has 0 aliphatic heterocycles. The molecule has 1 amide bonds. The van der Waals surface area contributed by atoms with Crippen molar-refractivity contribution in [1.82, 2.24) is 62.9 Å². The summed E-state index contributed by atoms with van der Waals surface area (Å²) in [6.45, 7) is 38.4. The molecule has 4 saturated carbocycles. The Morgan fingerprint density at radius 1 is 0.378 bits per heavy atom. The topological polar surface area (TPSA) is 429 Å². The molecule has 8 aliphatic rings. The number of ether oxygens (including phenoxy) is 1. The number of sulfonamides is 3. The van der Waals surface area contributed by atoms with Gasteiger partial charge in [-0.25, -0.2) is 84.9 Å². The maximum Gasteiger partial charge on any atom is 0.421 e. The van der Waals surface area contributed by atoms with Gasteiger partial charge in [-0.1, -0.05) is 178 Å². The van der Waals surface area contributed by atoms with E-state index in [4.69, 9.17) is 28.3 Å². The van der Waals surface area contributed by atoms with Crippen LogP contribution < -0.4 is 36.3 Å². The lowest BCUT2D eigenvalue weighted by Crippen LogP contribution is -2.45. The average Bonchev–Trinajstić information content (AvgIpc) is 1.62. The fourth-order valence-corrected chi connectivity index (χ4v) is 27.6. The molecule has 8 aromatic heterocycles. The van der Waals surface area contributed by atoms with Gasteiger partial charge in [0.15, 0.2) is 25.0 Å². The molecular formula is C110H147N19O13S3Si3. The number of fused-ring (bicyclic) bond motifs is 8. The first-order valence-corrected chi connectivity index (χ1v) is 65.5. The van der Waals surface area contributed by atoms with Crippen LogP contribution in [0.3, 0.4) is 0 Å². The van der Waals surface area contributed by atoms with E-state index < -0.39 is 72.8 Å². The van der Waals surface area contributed by atoms with Gasteiger partial charge in [-0.2, -0.15) is 0 Å². The third-order valence-corrected chi connectivity index (χ3v) is 48.2. The highest BCUT2D eigenvalue weighted by Crippen LogP contribution is 2.51. The van der Waals surface area contributed by atoms with E-state index in [1.165, 1.54) is 50.6 Å². The van der Waals surface area contributed by atoms with E-state index in [-0.39, 0.29) is 105 Å². The zero-order valence-corrected chi connectivity index (χ0v) is 93.8. The van der Waals surface area contributed by atoms with Gasteiger partial charge in [0, 0.05) is 88.9 Å². The number of hydrogen-bond acceptors (Lipinski definition) is 25. The maximum atomic E-state index is 12.8. The minimum atomic E-state index is -4.07. The summed E-state index contributed by atoms with van der Waals surface area (Å²) in [4.78, 5) is 60.9. The van der Waals surface area contributed by atoms with Gasteiger partial charge in [-0.3, -0.25) is 0 Å². The predicted octanol–water partition coefficient (Wildman–Crippen LogP) is 21.6. The van der Waals surface area contributed by atoms with Crippen molar-refractivity contribution in [3.05, 3.63) is 250 Å². The number of aliphatic hydroxyl groups excluding tert-OH is 1. The summed E-state index contributed by atoms with van der Waals surface area (Å²) in [5.74, 6) is 2.74. The number of aldehydes is 1. The quantitative estimate of drug-likeness (QED) is 0.0184. The number of primary sulfonamides is 2. The summed E-state index contributed by atoms with van der Waals surface area (Å²) in [5.41, 5.74) is 13.5. The molecule has 32 nitrogen and oxygen atoms in total. The van der Waals surface area contributed by atoms with E-state index in [0.29, 0.717) is 25.7 Å². The van der Waals surface area contributed by atoms with Gasteiger partial charge >= 0.3 is 6.09 Å². The zero-order chi connectivity index (χ0) is 106. The van der Waals surface area contributed by atoms with Crippen LogP contribution in [0.1, 0.15) is 253 Å². The number of nitrogens with one attached hydrogen (secondary N) is 5. The number of carbonyl (C=O) groups excluding carboxylic acids is 2. The maximum absolute atomic E-state index is 12.8. The third kappa shape index (κ3) is 24.7. The van der Waals surface area contributed by atoms with Crippen LogP contribution in [0.15, 0.2) is 206 Å². The molecule has 0 spiro atoms. The summed E-state index contributed by atoms with van der Waals surface area (Å²) >= 11 is 0. The molecule has 10 N–H and O–H groups in total. The van der Waals surface area contributed by atoms with Crippen LogP contribution in [0.2, 0.25) is 54.4 Å². The molecule has 16 atom stereocenters.